The van der Waals surface area contributed by atoms with Gasteiger partial charge in [0.25, 0.3) is 5.91 Å². The van der Waals surface area contributed by atoms with Gasteiger partial charge < -0.3 is 11.1 Å². The Balaban J connectivity index is 1.68. The quantitative estimate of drug-likeness (QED) is 0.726. The molecule has 0 fully saturated rings. The van der Waals surface area contributed by atoms with Crippen LogP contribution >= 0.6 is 11.3 Å². The number of carbonyl (C=O) groups is 1. The predicted molar refractivity (Wildman–Crippen MR) is 86.5 cm³/mol. The molecule has 0 aliphatic heterocycles. The Kier molecular flexibility index (Phi) is 4.45. The predicted octanol–water partition coefficient (Wildman–Crippen LogP) is 3.06. The average molecular weight is 367 g/mol. The van der Waals surface area contributed by atoms with E-state index in [-0.39, 0.29) is 6.54 Å². The minimum Gasteiger partial charge on any atom is -0.379 e. The second-order valence-corrected chi connectivity index (χ2v) is 6.00. The number of alkyl halides is 3. The van der Waals surface area contributed by atoms with Crippen molar-refractivity contribution in [1.82, 2.24) is 15.0 Å². The molecule has 2 aromatic heterocycles. The van der Waals surface area contributed by atoms with Crippen molar-refractivity contribution < 1.29 is 18.0 Å². The Labute approximate surface area is 144 Å². The number of amides is 1. The number of carbonyl (C=O) groups excluding carboxylic acids is 1. The molecule has 1 aromatic carbocycles. The van der Waals surface area contributed by atoms with Crippen molar-refractivity contribution in [2.24, 2.45) is 5.73 Å². The zero-order chi connectivity index (χ0) is 18.0. The first-order valence-electron chi connectivity index (χ1n) is 7.04. The van der Waals surface area contributed by atoms with E-state index in [0.29, 0.717) is 21.9 Å². The van der Waals surface area contributed by atoms with Gasteiger partial charge in [-0.1, -0.05) is 5.21 Å². The highest BCUT2D eigenvalue weighted by atomic mass is 32.1. The Morgan fingerprint density at radius 3 is 2.60 bits per heavy atom. The van der Waals surface area contributed by atoms with Gasteiger partial charge in [0.2, 0.25) is 0 Å². The maximum Gasteiger partial charge on any atom is 0.416 e. The highest BCUT2D eigenvalue weighted by molar-refractivity contribution is 7.12. The number of halogens is 3. The standard InChI is InChI=1S/C15H12F3N5OS/c16-15(17,18)9-1-3-10(4-2-9)20-7-11-8-23(22-21-11)12-5-6-25-13(12)14(19)24/h1-6,8,20H,7H2,(H2,19,24). The Morgan fingerprint density at radius 1 is 1.24 bits per heavy atom. The lowest BCUT2D eigenvalue weighted by Gasteiger charge is -2.08. The van der Waals surface area contributed by atoms with Crippen LogP contribution in [0.2, 0.25) is 0 Å². The lowest BCUT2D eigenvalue weighted by Crippen LogP contribution is -2.12. The van der Waals surface area contributed by atoms with Gasteiger partial charge in [0.05, 0.1) is 24.0 Å². The molecule has 0 atom stereocenters. The SMILES string of the molecule is NC(=O)c1sccc1-n1cc(CNc2ccc(C(F)(F)F)cc2)nn1. The second-order valence-electron chi connectivity index (χ2n) is 5.08. The lowest BCUT2D eigenvalue weighted by molar-refractivity contribution is -0.137. The fourth-order valence-electron chi connectivity index (χ4n) is 2.13. The summed E-state index contributed by atoms with van der Waals surface area (Å²) in [5.41, 5.74) is 6.20. The first-order chi connectivity index (χ1) is 11.8. The number of hydrogen-bond donors (Lipinski definition) is 2. The van der Waals surface area contributed by atoms with Gasteiger partial charge >= 0.3 is 6.18 Å². The van der Waals surface area contributed by atoms with E-state index in [9.17, 15) is 18.0 Å². The van der Waals surface area contributed by atoms with Crippen LogP contribution in [0.3, 0.4) is 0 Å². The zero-order valence-corrected chi connectivity index (χ0v) is 13.4. The lowest BCUT2D eigenvalue weighted by atomic mass is 10.2. The monoisotopic (exact) mass is 367 g/mol. The number of aromatic nitrogens is 3. The third-order valence-corrected chi connectivity index (χ3v) is 4.26. The number of nitrogens with two attached hydrogens (primary N) is 1. The van der Waals surface area contributed by atoms with E-state index in [4.69, 9.17) is 5.73 Å². The summed E-state index contributed by atoms with van der Waals surface area (Å²) in [5.74, 6) is -0.551. The van der Waals surface area contributed by atoms with Crippen LogP contribution < -0.4 is 11.1 Å². The van der Waals surface area contributed by atoms with Gasteiger partial charge in [-0.3, -0.25) is 4.79 Å². The zero-order valence-electron chi connectivity index (χ0n) is 12.6. The summed E-state index contributed by atoms with van der Waals surface area (Å²) in [4.78, 5) is 11.7. The van der Waals surface area contributed by atoms with Crippen LogP contribution in [-0.2, 0) is 12.7 Å². The molecule has 6 nitrogen and oxygen atoms in total. The third kappa shape index (κ3) is 3.79. The van der Waals surface area contributed by atoms with Crippen LogP contribution in [0.25, 0.3) is 5.69 Å². The number of rotatable bonds is 5. The molecule has 25 heavy (non-hydrogen) atoms. The molecular formula is C15H12F3N5OS. The summed E-state index contributed by atoms with van der Waals surface area (Å²) in [6, 6.07) is 6.40. The van der Waals surface area contributed by atoms with Crippen LogP contribution in [0, 0.1) is 0 Å². The second kappa shape index (κ2) is 6.55. The van der Waals surface area contributed by atoms with Gasteiger partial charge in [0, 0.05) is 5.69 Å². The minimum atomic E-state index is -4.36. The van der Waals surface area contributed by atoms with Crippen molar-refractivity contribution in [2.45, 2.75) is 12.7 Å². The van der Waals surface area contributed by atoms with Crippen LogP contribution in [0.1, 0.15) is 20.9 Å². The number of nitrogens with one attached hydrogen (secondary N) is 1. The summed E-state index contributed by atoms with van der Waals surface area (Å²) in [6.45, 7) is 0.265. The number of benzene rings is 1. The molecule has 0 radical (unpaired) electrons. The van der Waals surface area contributed by atoms with Gasteiger partial charge in [-0.25, -0.2) is 4.68 Å². The number of anilines is 1. The van der Waals surface area contributed by atoms with E-state index < -0.39 is 17.6 Å². The number of thiophene rings is 1. The van der Waals surface area contributed by atoms with Crippen molar-refractivity contribution in [3.05, 3.63) is 58.0 Å². The molecule has 2 heterocycles. The van der Waals surface area contributed by atoms with Crippen LogP contribution in [-0.4, -0.2) is 20.9 Å². The molecule has 0 aliphatic carbocycles. The van der Waals surface area contributed by atoms with Gasteiger partial charge in [0.15, 0.2) is 0 Å². The molecule has 10 heteroatoms. The molecule has 1 amide bonds. The molecular weight excluding hydrogens is 355 g/mol. The molecule has 0 unspecified atom stereocenters. The highest BCUT2D eigenvalue weighted by Gasteiger charge is 2.29. The molecule has 3 rings (SSSR count). The number of primary amides is 1. The van der Waals surface area contributed by atoms with E-state index in [1.165, 1.54) is 28.2 Å². The van der Waals surface area contributed by atoms with E-state index in [2.05, 4.69) is 15.6 Å². The first kappa shape index (κ1) is 17.0. The van der Waals surface area contributed by atoms with Crippen LogP contribution in [0.15, 0.2) is 41.9 Å². The summed E-state index contributed by atoms with van der Waals surface area (Å²) < 4.78 is 39.0. The molecule has 0 saturated carbocycles. The molecule has 0 saturated heterocycles. The fraction of sp³-hybridized carbons (Fsp3) is 0.133. The smallest absolute Gasteiger partial charge is 0.379 e. The summed E-state index contributed by atoms with van der Waals surface area (Å²) in [5, 5.41) is 12.6. The van der Waals surface area contributed by atoms with Crippen LogP contribution in [0.5, 0.6) is 0 Å². The largest absolute Gasteiger partial charge is 0.416 e. The summed E-state index contributed by atoms with van der Waals surface area (Å²) >= 11 is 1.20. The average Bonchev–Trinajstić information content (AvgIpc) is 3.21. The Bertz CT molecular complexity index is 885. The third-order valence-electron chi connectivity index (χ3n) is 3.34. The van der Waals surface area contributed by atoms with Crippen molar-refractivity contribution in [3.8, 4) is 5.69 Å². The van der Waals surface area contributed by atoms with E-state index in [1.807, 2.05) is 0 Å². The van der Waals surface area contributed by atoms with Crippen molar-refractivity contribution in [3.63, 3.8) is 0 Å². The van der Waals surface area contributed by atoms with E-state index in [1.54, 1.807) is 17.6 Å². The topological polar surface area (TPSA) is 85.8 Å². The summed E-state index contributed by atoms with van der Waals surface area (Å²) in [7, 11) is 0. The molecule has 0 aliphatic rings. The maximum absolute atomic E-state index is 12.5. The first-order valence-corrected chi connectivity index (χ1v) is 7.92. The van der Waals surface area contributed by atoms with Crippen molar-refractivity contribution in [1.29, 1.82) is 0 Å². The molecule has 3 aromatic rings. The Hall–Kier alpha value is -2.88. The van der Waals surface area contributed by atoms with Crippen LogP contribution in [0.4, 0.5) is 18.9 Å². The highest BCUT2D eigenvalue weighted by Crippen LogP contribution is 2.29. The normalized spacial score (nSPS) is 11.5. The van der Waals surface area contributed by atoms with Gasteiger partial charge in [-0.05, 0) is 35.7 Å². The Morgan fingerprint density at radius 2 is 1.96 bits per heavy atom. The summed E-state index contributed by atoms with van der Waals surface area (Å²) in [6.07, 6.45) is -2.74. The molecule has 3 N–H and O–H groups in total. The van der Waals surface area contributed by atoms with E-state index in [0.717, 1.165) is 12.1 Å². The minimum absolute atomic E-state index is 0.265. The van der Waals surface area contributed by atoms with E-state index >= 15 is 0 Å². The molecule has 0 spiro atoms. The van der Waals surface area contributed by atoms with Gasteiger partial charge in [-0.2, -0.15) is 13.2 Å². The molecule has 0 bridgehead atoms. The van der Waals surface area contributed by atoms with Gasteiger partial charge in [-0.15, -0.1) is 16.4 Å². The number of nitrogens with zero attached hydrogens (tertiary/aromatic N) is 3. The van der Waals surface area contributed by atoms with Crippen molar-refractivity contribution >= 4 is 22.9 Å². The number of hydrogen-bond acceptors (Lipinski definition) is 5. The molecule has 130 valence electrons. The fourth-order valence-corrected chi connectivity index (χ4v) is 2.87. The van der Waals surface area contributed by atoms with Crippen molar-refractivity contribution in [2.75, 3.05) is 5.32 Å². The van der Waals surface area contributed by atoms with Gasteiger partial charge in [0.1, 0.15) is 10.6 Å². The maximum atomic E-state index is 12.5.